The maximum absolute atomic E-state index is 11.5. The predicted octanol–water partition coefficient (Wildman–Crippen LogP) is 1.34. The van der Waals surface area contributed by atoms with Gasteiger partial charge in [-0.05, 0) is 37.1 Å². The maximum Gasteiger partial charge on any atom is 0.277 e. The number of hydrazine groups is 1. The first kappa shape index (κ1) is 14.8. The highest BCUT2D eigenvalue weighted by Gasteiger charge is 2.19. The van der Waals surface area contributed by atoms with Crippen LogP contribution in [-0.2, 0) is 9.53 Å². The first-order chi connectivity index (χ1) is 8.49. The number of aryl methyl sites for hydroxylation is 2. The molecule has 100 valence electrons. The van der Waals surface area contributed by atoms with E-state index in [2.05, 4.69) is 0 Å². The molecular formula is C12H17ClN2O3. The molecule has 3 N–H and O–H groups in total. The van der Waals surface area contributed by atoms with Crippen LogP contribution < -0.4 is 16.0 Å². The van der Waals surface area contributed by atoms with Crippen LogP contribution in [0.15, 0.2) is 12.1 Å². The van der Waals surface area contributed by atoms with Crippen molar-refractivity contribution in [3.05, 3.63) is 28.3 Å². The van der Waals surface area contributed by atoms with Gasteiger partial charge in [0.1, 0.15) is 5.75 Å². The molecule has 0 saturated carbocycles. The van der Waals surface area contributed by atoms with Crippen molar-refractivity contribution in [3.8, 4) is 5.75 Å². The van der Waals surface area contributed by atoms with Crippen LogP contribution in [0.1, 0.15) is 11.1 Å². The molecule has 18 heavy (non-hydrogen) atoms. The van der Waals surface area contributed by atoms with Gasteiger partial charge in [0.05, 0.1) is 6.61 Å². The predicted molar refractivity (Wildman–Crippen MR) is 69.5 cm³/mol. The molecule has 1 unspecified atom stereocenters. The summed E-state index contributed by atoms with van der Waals surface area (Å²) < 4.78 is 10.5. The fourth-order valence-electron chi connectivity index (χ4n) is 1.55. The van der Waals surface area contributed by atoms with Gasteiger partial charge in [0, 0.05) is 12.1 Å². The lowest BCUT2D eigenvalue weighted by Gasteiger charge is -2.17. The number of halogens is 1. The Labute approximate surface area is 111 Å². The number of nitrogens with one attached hydrogen (secondary N) is 1. The summed E-state index contributed by atoms with van der Waals surface area (Å²) in [7, 11) is 1.48. The Hall–Kier alpha value is -1.30. The van der Waals surface area contributed by atoms with Crippen LogP contribution in [-0.4, -0.2) is 25.7 Å². The van der Waals surface area contributed by atoms with Crippen LogP contribution >= 0.6 is 11.6 Å². The highest BCUT2D eigenvalue weighted by Crippen LogP contribution is 2.26. The normalized spacial score (nSPS) is 12.1. The van der Waals surface area contributed by atoms with Crippen molar-refractivity contribution >= 4 is 17.5 Å². The van der Waals surface area contributed by atoms with Crippen molar-refractivity contribution in [1.82, 2.24) is 5.43 Å². The Balaban J connectivity index is 2.90. The van der Waals surface area contributed by atoms with Gasteiger partial charge in [0.2, 0.25) is 6.10 Å². The molecule has 1 amide bonds. The first-order valence-electron chi connectivity index (χ1n) is 5.42. The largest absolute Gasteiger partial charge is 0.478 e. The monoisotopic (exact) mass is 272 g/mol. The zero-order valence-corrected chi connectivity index (χ0v) is 11.4. The lowest BCUT2D eigenvalue weighted by atomic mass is 10.1. The second-order valence-corrected chi connectivity index (χ2v) is 4.32. The molecule has 6 heteroatoms. The van der Waals surface area contributed by atoms with Gasteiger partial charge in [0.15, 0.2) is 0 Å². The van der Waals surface area contributed by atoms with Crippen molar-refractivity contribution < 1.29 is 14.3 Å². The van der Waals surface area contributed by atoms with Crippen molar-refractivity contribution in [2.24, 2.45) is 5.84 Å². The first-order valence-corrected chi connectivity index (χ1v) is 5.80. The summed E-state index contributed by atoms with van der Waals surface area (Å²) in [6, 6.07) is 3.53. The molecule has 0 aliphatic rings. The van der Waals surface area contributed by atoms with Crippen molar-refractivity contribution in [1.29, 1.82) is 0 Å². The summed E-state index contributed by atoms with van der Waals surface area (Å²) in [4.78, 5) is 11.5. The number of amides is 1. The number of hydrogen-bond acceptors (Lipinski definition) is 4. The number of carbonyl (C=O) groups is 1. The highest BCUT2D eigenvalue weighted by atomic mass is 35.5. The minimum absolute atomic E-state index is 0.115. The summed E-state index contributed by atoms with van der Waals surface area (Å²) in [6.45, 7) is 3.86. The Bertz CT molecular complexity index is 414. The highest BCUT2D eigenvalue weighted by molar-refractivity contribution is 6.32. The van der Waals surface area contributed by atoms with Crippen LogP contribution in [0, 0.1) is 13.8 Å². The van der Waals surface area contributed by atoms with Gasteiger partial charge in [-0.3, -0.25) is 10.2 Å². The molecular weight excluding hydrogens is 256 g/mol. The molecule has 1 aromatic carbocycles. The number of hydrogen-bond donors (Lipinski definition) is 2. The van der Waals surface area contributed by atoms with Crippen LogP contribution in [0.5, 0.6) is 5.75 Å². The fourth-order valence-corrected chi connectivity index (χ4v) is 1.66. The van der Waals surface area contributed by atoms with Gasteiger partial charge in [0.25, 0.3) is 5.91 Å². The van der Waals surface area contributed by atoms with E-state index < -0.39 is 12.0 Å². The van der Waals surface area contributed by atoms with Gasteiger partial charge in [-0.15, -0.1) is 0 Å². The Kier molecular flexibility index (Phi) is 5.40. The summed E-state index contributed by atoms with van der Waals surface area (Å²) in [5.74, 6) is 5.20. The summed E-state index contributed by atoms with van der Waals surface area (Å²) in [5.41, 5.74) is 3.81. The molecule has 1 atom stereocenters. The second kappa shape index (κ2) is 6.58. The molecule has 0 radical (unpaired) electrons. The van der Waals surface area contributed by atoms with E-state index in [4.69, 9.17) is 26.9 Å². The standard InChI is InChI=1S/C12H17ClN2O3/c1-7-4-9(5-8(2)11(7)13)18-10(6-17-3)12(16)15-14/h4-5,10H,6,14H2,1-3H3,(H,15,16). The lowest BCUT2D eigenvalue weighted by molar-refractivity contribution is -0.130. The van der Waals surface area contributed by atoms with E-state index in [0.717, 1.165) is 11.1 Å². The van der Waals surface area contributed by atoms with Gasteiger partial charge < -0.3 is 9.47 Å². The molecule has 0 fully saturated rings. The molecule has 0 saturated heterocycles. The third-order valence-electron chi connectivity index (χ3n) is 2.44. The maximum atomic E-state index is 11.5. The molecule has 5 nitrogen and oxygen atoms in total. The molecule has 0 bridgehead atoms. The Morgan fingerprint density at radius 2 is 2.00 bits per heavy atom. The third-order valence-corrected chi connectivity index (χ3v) is 3.04. The number of rotatable bonds is 5. The van der Waals surface area contributed by atoms with Crippen molar-refractivity contribution in [2.75, 3.05) is 13.7 Å². The number of carbonyl (C=O) groups excluding carboxylic acids is 1. The SMILES string of the molecule is COCC(Oc1cc(C)c(Cl)c(C)c1)C(=O)NN. The van der Waals surface area contributed by atoms with E-state index in [1.807, 2.05) is 19.3 Å². The summed E-state index contributed by atoms with van der Waals surface area (Å²) >= 11 is 6.06. The zero-order valence-electron chi connectivity index (χ0n) is 10.6. The molecule has 0 heterocycles. The van der Waals surface area contributed by atoms with E-state index in [1.165, 1.54) is 7.11 Å². The van der Waals surface area contributed by atoms with Gasteiger partial charge >= 0.3 is 0 Å². The van der Waals surface area contributed by atoms with E-state index >= 15 is 0 Å². The third kappa shape index (κ3) is 3.60. The zero-order chi connectivity index (χ0) is 13.7. The van der Waals surface area contributed by atoms with Crippen molar-refractivity contribution in [3.63, 3.8) is 0 Å². The van der Waals surface area contributed by atoms with Crippen LogP contribution in [0.4, 0.5) is 0 Å². The minimum atomic E-state index is -0.792. The molecule has 1 aromatic rings. The van der Waals surface area contributed by atoms with E-state index in [0.29, 0.717) is 10.8 Å². The van der Waals surface area contributed by atoms with Gasteiger partial charge in [-0.1, -0.05) is 11.6 Å². The topological polar surface area (TPSA) is 73.6 Å². The van der Waals surface area contributed by atoms with E-state index in [-0.39, 0.29) is 6.61 Å². The number of benzene rings is 1. The van der Waals surface area contributed by atoms with E-state index in [9.17, 15) is 4.79 Å². The number of nitrogens with two attached hydrogens (primary N) is 1. The molecule has 0 spiro atoms. The van der Waals surface area contributed by atoms with Crippen LogP contribution in [0.3, 0.4) is 0 Å². The van der Waals surface area contributed by atoms with Crippen LogP contribution in [0.2, 0.25) is 5.02 Å². The Morgan fingerprint density at radius 3 is 2.44 bits per heavy atom. The van der Waals surface area contributed by atoms with Crippen molar-refractivity contribution in [2.45, 2.75) is 20.0 Å². The average molecular weight is 273 g/mol. The lowest BCUT2D eigenvalue weighted by Crippen LogP contribution is -2.44. The molecule has 0 aliphatic heterocycles. The second-order valence-electron chi connectivity index (χ2n) is 3.94. The number of methoxy groups -OCH3 is 1. The fraction of sp³-hybridized carbons (Fsp3) is 0.417. The minimum Gasteiger partial charge on any atom is -0.478 e. The number of ether oxygens (including phenoxy) is 2. The van der Waals surface area contributed by atoms with Gasteiger partial charge in [-0.25, -0.2) is 5.84 Å². The average Bonchev–Trinajstić information content (AvgIpc) is 2.34. The van der Waals surface area contributed by atoms with Crippen LogP contribution in [0.25, 0.3) is 0 Å². The Morgan fingerprint density at radius 1 is 1.44 bits per heavy atom. The molecule has 0 aromatic heterocycles. The van der Waals surface area contributed by atoms with E-state index in [1.54, 1.807) is 12.1 Å². The summed E-state index contributed by atoms with van der Waals surface area (Å²) in [5, 5.41) is 0.689. The molecule has 0 aliphatic carbocycles. The summed E-state index contributed by atoms with van der Waals surface area (Å²) in [6.07, 6.45) is -0.792. The van der Waals surface area contributed by atoms with Gasteiger partial charge in [-0.2, -0.15) is 0 Å². The molecule has 1 rings (SSSR count). The quantitative estimate of drug-likeness (QED) is 0.482. The smallest absolute Gasteiger partial charge is 0.277 e.